The van der Waals surface area contributed by atoms with Crippen molar-refractivity contribution in [1.82, 2.24) is 4.98 Å². The fourth-order valence-corrected chi connectivity index (χ4v) is 2.02. The Hall–Kier alpha value is -0.990. The van der Waals surface area contributed by atoms with Crippen molar-refractivity contribution < 1.29 is 0 Å². The summed E-state index contributed by atoms with van der Waals surface area (Å²) in [5.41, 5.74) is 0. The number of benzene rings is 1. The number of nitrogens with zero attached hydrogens (tertiary/aromatic N) is 1. The number of halogens is 2. The number of anilines is 1. The predicted octanol–water partition coefficient (Wildman–Crippen LogP) is 3.58. The van der Waals surface area contributed by atoms with Gasteiger partial charge in [0, 0.05) is 23.7 Å². The molecule has 4 heteroatoms. The van der Waals surface area contributed by atoms with E-state index in [1.165, 1.54) is 0 Å². The molecule has 72 valence electrons. The third kappa shape index (κ3) is 1.51. The molecular weight excluding hydrogens is 219 g/mol. The SMILES string of the molecule is CNc1nccc2cc(Cl)cc(Cl)c12. The summed E-state index contributed by atoms with van der Waals surface area (Å²) in [5.74, 6) is 0.768. The Kier molecular flexibility index (Phi) is 2.48. The minimum absolute atomic E-state index is 0.616. The molecule has 1 N–H and O–H groups in total. The van der Waals surface area contributed by atoms with E-state index in [1.807, 2.05) is 19.2 Å². The van der Waals surface area contributed by atoms with E-state index in [-0.39, 0.29) is 0 Å². The Morgan fingerprint density at radius 1 is 1.29 bits per heavy atom. The summed E-state index contributed by atoms with van der Waals surface area (Å²) in [6, 6.07) is 5.47. The first kappa shape index (κ1) is 9.56. The van der Waals surface area contributed by atoms with Gasteiger partial charge in [-0.2, -0.15) is 0 Å². The second-order valence-electron chi connectivity index (χ2n) is 2.90. The van der Waals surface area contributed by atoms with Gasteiger partial charge in [0.2, 0.25) is 0 Å². The monoisotopic (exact) mass is 226 g/mol. The van der Waals surface area contributed by atoms with Gasteiger partial charge in [0.1, 0.15) is 5.82 Å². The summed E-state index contributed by atoms with van der Waals surface area (Å²) in [6.07, 6.45) is 1.72. The molecule has 2 aromatic rings. The van der Waals surface area contributed by atoms with E-state index >= 15 is 0 Å². The third-order valence-electron chi connectivity index (χ3n) is 2.02. The third-order valence-corrected chi connectivity index (χ3v) is 2.53. The van der Waals surface area contributed by atoms with Crippen LogP contribution in [0.5, 0.6) is 0 Å². The summed E-state index contributed by atoms with van der Waals surface area (Å²) < 4.78 is 0. The van der Waals surface area contributed by atoms with Crippen molar-refractivity contribution in [3.63, 3.8) is 0 Å². The van der Waals surface area contributed by atoms with Crippen molar-refractivity contribution in [2.75, 3.05) is 12.4 Å². The minimum atomic E-state index is 0.616. The molecule has 0 aliphatic heterocycles. The first-order valence-corrected chi connectivity index (χ1v) is 4.89. The minimum Gasteiger partial charge on any atom is -0.373 e. The van der Waals surface area contributed by atoms with Gasteiger partial charge >= 0.3 is 0 Å². The van der Waals surface area contributed by atoms with Crippen LogP contribution in [0, 0.1) is 0 Å². The molecule has 0 atom stereocenters. The van der Waals surface area contributed by atoms with Gasteiger partial charge in [-0.15, -0.1) is 0 Å². The second-order valence-corrected chi connectivity index (χ2v) is 3.74. The van der Waals surface area contributed by atoms with Crippen molar-refractivity contribution in [3.05, 3.63) is 34.4 Å². The standard InChI is InChI=1S/C10H8Cl2N2/c1-13-10-9-6(2-3-14-10)4-7(11)5-8(9)12/h2-5H,1H3,(H,13,14). The van der Waals surface area contributed by atoms with Crippen molar-refractivity contribution in [1.29, 1.82) is 0 Å². The molecule has 0 amide bonds. The molecule has 2 rings (SSSR count). The molecule has 0 aliphatic carbocycles. The van der Waals surface area contributed by atoms with E-state index in [4.69, 9.17) is 23.2 Å². The summed E-state index contributed by atoms with van der Waals surface area (Å²) in [6.45, 7) is 0. The fraction of sp³-hybridized carbons (Fsp3) is 0.100. The van der Waals surface area contributed by atoms with Crippen LogP contribution in [-0.4, -0.2) is 12.0 Å². The molecule has 0 saturated heterocycles. The molecule has 1 aromatic carbocycles. The van der Waals surface area contributed by atoms with E-state index in [0.717, 1.165) is 16.6 Å². The van der Waals surface area contributed by atoms with Gasteiger partial charge in [0.15, 0.2) is 0 Å². The molecule has 0 saturated carbocycles. The maximum Gasteiger partial charge on any atom is 0.135 e. The highest BCUT2D eigenvalue weighted by molar-refractivity contribution is 6.39. The first-order valence-electron chi connectivity index (χ1n) is 4.14. The zero-order chi connectivity index (χ0) is 10.1. The molecule has 0 fully saturated rings. The van der Waals surface area contributed by atoms with Crippen LogP contribution in [0.3, 0.4) is 0 Å². The van der Waals surface area contributed by atoms with Gasteiger partial charge in [-0.05, 0) is 23.6 Å². The number of aromatic nitrogens is 1. The zero-order valence-electron chi connectivity index (χ0n) is 7.51. The predicted molar refractivity (Wildman–Crippen MR) is 61.3 cm³/mol. The molecule has 0 spiro atoms. The highest BCUT2D eigenvalue weighted by Crippen LogP contribution is 2.31. The Balaban J connectivity index is 2.87. The molecule has 0 radical (unpaired) electrons. The van der Waals surface area contributed by atoms with E-state index in [0.29, 0.717) is 10.0 Å². The summed E-state index contributed by atoms with van der Waals surface area (Å²) >= 11 is 12.0. The quantitative estimate of drug-likeness (QED) is 0.805. The maximum absolute atomic E-state index is 6.08. The van der Waals surface area contributed by atoms with Gasteiger partial charge in [0.05, 0.1) is 5.02 Å². The first-order chi connectivity index (χ1) is 6.72. The average Bonchev–Trinajstić information content (AvgIpc) is 2.16. The maximum atomic E-state index is 6.08. The normalized spacial score (nSPS) is 10.5. The highest BCUT2D eigenvalue weighted by atomic mass is 35.5. The van der Waals surface area contributed by atoms with Gasteiger partial charge < -0.3 is 5.32 Å². The number of nitrogens with one attached hydrogen (secondary N) is 1. The lowest BCUT2D eigenvalue weighted by atomic mass is 10.1. The Morgan fingerprint density at radius 2 is 2.07 bits per heavy atom. The van der Waals surface area contributed by atoms with Gasteiger partial charge in [0.25, 0.3) is 0 Å². The number of hydrogen-bond acceptors (Lipinski definition) is 2. The van der Waals surface area contributed by atoms with Crippen LogP contribution >= 0.6 is 23.2 Å². The van der Waals surface area contributed by atoms with Crippen LogP contribution in [0.2, 0.25) is 10.0 Å². The van der Waals surface area contributed by atoms with Crippen LogP contribution in [0.15, 0.2) is 24.4 Å². The van der Waals surface area contributed by atoms with Crippen molar-refractivity contribution >= 4 is 39.8 Å². The van der Waals surface area contributed by atoms with Crippen LogP contribution in [0.1, 0.15) is 0 Å². The molecule has 1 aromatic heterocycles. The summed E-state index contributed by atoms with van der Waals surface area (Å²) in [7, 11) is 1.81. The van der Waals surface area contributed by atoms with Crippen LogP contribution in [-0.2, 0) is 0 Å². The topological polar surface area (TPSA) is 24.9 Å². The number of hydrogen-bond donors (Lipinski definition) is 1. The molecule has 0 aliphatic rings. The van der Waals surface area contributed by atoms with Crippen LogP contribution < -0.4 is 5.32 Å². The van der Waals surface area contributed by atoms with Crippen molar-refractivity contribution in [3.8, 4) is 0 Å². The Bertz CT molecular complexity index is 483. The molecular formula is C10H8Cl2N2. The van der Waals surface area contributed by atoms with Gasteiger partial charge in [-0.1, -0.05) is 23.2 Å². The van der Waals surface area contributed by atoms with E-state index in [1.54, 1.807) is 12.3 Å². The summed E-state index contributed by atoms with van der Waals surface area (Å²) in [5, 5.41) is 6.13. The number of rotatable bonds is 1. The number of fused-ring (bicyclic) bond motifs is 1. The fourth-order valence-electron chi connectivity index (χ4n) is 1.42. The lowest BCUT2D eigenvalue weighted by molar-refractivity contribution is 1.32. The molecule has 0 bridgehead atoms. The zero-order valence-corrected chi connectivity index (χ0v) is 9.02. The summed E-state index contributed by atoms with van der Waals surface area (Å²) in [4.78, 5) is 4.18. The lowest BCUT2D eigenvalue weighted by Gasteiger charge is -2.06. The average molecular weight is 227 g/mol. The largest absolute Gasteiger partial charge is 0.373 e. The van der Waals surface area contributed by atoms with E-state index in [2.05, 4.69) is 10.3 Å². The van der Waals surface area contributed by atoms with Crippen molar-refractivity contribution in [2.45, 2.75) is 0 Å². The molecule has 0 unspecified atom stereocenters. The second kappa shape index (κ2) is 3.64. The molecule has 14 heavy (non-hydrogen) atoms. The van der Waals surface area contributed by atoms with E-state index < -0.39 is 0 Å². The Morgan fingerprint density at radius 3 is 2.79 bits per heavy atom. The van der Waals surface area contributed by atoms with Crippen LogP contribution in [0.4, 0.5) is 5.82 Å². The lowest BCUT2D eigenvalue weighted by Crippen LogP contribution is -1.93. The van der Waals surface area contributed by atoms with Gasteiger partial charge in [-0.25, -0.2) is 4.98 Å². The number of pyridine rings is 1. The van der Waals surface area contributed by atoms with Crippen LogP contribution in [0.25, 0.3) is 10.8 Å². The van der Waals surface area contributed by atoms with Crippen molar-refractivity contribution in [2.24, 2.45) is 0 Å². The van der Waals surface area contributed by atoms with Gasteiger partial charge in [-0.3, -0.25) is 0 Å². The molecule has 2 nitrogen and oxygen atoms in total. The Labute approximate surface area is 91.9 Å². The highest BCUT2D eigenvalue weighted by Gasteiger charge is 2.06. The smallest absolute Gasteiger partial charge is 0.135 e. The molecule has 1 heterocycles. The van der Waals surface area contributed by atoms with E-state index in [9.17, 15) is 0 Å².